The highest BCUT2D eigenvalue weighted by molar-refractivity contribution is 6.32. The molecule has 0 saturated carbocycles. The topological polar surface area (TPSA) is 88.5 Å². The van der Waals surface area contributed by atoms with Gasteiger partial charge in [-0.1, -0.05) is 80.9 Å². The molecule has 9 heteroatoms. The summed E-state index contributed by atoms with van der Waals surface area (Å²) >= 11 is 6.44. The Balaban J connectivity index is 1.56. The van der Waals surface area contributed by atoms with Crippen molar-refractivity contribution in [2.24, 2.45) is 0 Å². The molecule has 0 radical (unpaired) electrons. The predicted molar refractivity (Wildman–Crippen MR) is 152 cm³/mol. The Hall–Kier alpha value is -3.88. The van der Waals surface area contributed by atoms with Crippen LogP contribution in [0.3, 0.4) is 0 Å². The summed E-state index contributed by atoms with van der Waals surface area (Å²) in [6.45, 7) is 6.46. The third-order valence-electron chi connectivity index (χ3n) is 6.04. The van der Waals surface area contributed by atoms with Crippen LogP contribution in [0.2, 0.25) is 5.02 Å². The number of halogens is 1. The Morgan fingerprint density at radius 3 is 2.45 bits per heavy atom. The smallest absolute Gasteiger partial charge is 0.322 e. The molecule has 1 aromatic heterocycles. The molecule has 0 saturated heterocycles. The molecule has 0 aliphatic carbocycles. The Morgan fingerprint density at radius 2 is 1.71 bits per heavy atom. The van der Waals surface area contributed by atoms with Gasteiger partial charge in [0.1, 0.15) is 12.4 Å². The number of hydrogen-bond acceptors (Lipinski definition) is 4. The summed E-state index contributed by atoms with van der Waals surface area (Å²) in [5, 5.41) is 13.0. The summed E-state index contributed by atoms with van der Waals surface area (Å²) in [6.07, 6.45) is 0. The Labute approximate surface area is 227 Å². The van der Waals surface area contributed by atoms with Crippen molar-refractivity contribution in [1.82, 2.24) is 14.7 Å². The van der Waals surface area contributed by atoms with E-state index in [2.05, 4.69) is 10.6 Å². The molecular weight excluding hydrogens is 502 g/mol. The highest BCUT2D eigenvalue weighted by Gasteiger charge is 2.24. The molecule has 0 fully saturated rings. The molecule has 198 valence electrons. The monoisotopic (exact) mass is 533 g/mol. The number of ether oxygens (including phenoxy) is 1. The van der Waals surface area contributed by atoms with Gasteiger partial charge in [0.2, 0.25) is 5.91 Å². The summed E-state index contributed by atoms with van der Waals surface area (Å²) in [6, 6.07) is 22.2. The lowest BCUT2D eigenvalue weighted by Gasteiger charge is -2.23. The second-order valence-electron chi connectivity index (χ2n) is 9.95. The van der Waals surface area contributed by atoms with Crippen LogP contribution in [0.15, 0.2) is 72.8 Å². The molecule has 0 atom stereocenters. The van der Waals surface area contributed by atoms with Crippen molar-refractivity contribution in [3.05, 3.63) is 83.5 Å². The molecule has 0 unspecified atom stereocenters. The maximum atomic E-state index is 13.3. The molecule has 0 bridgehead atoms. The van der Waals surface area contributed by atoms with E-state index in [9.17, 15) is 9.59 Å². The lowest BCUT2D eigenvalue weighted by atomic mass is 9.92. The van der Waals surface area contributed by atoms with Gasteiger partial charge in [0, 0.05) is 30.5 Å². The number of aromatic nitrogens is 2. The van der Waals surface area contributed by atoms with Gasteiger partial charge in [0.05, 0.1) is 28.7 Å². The van der Waals surface area contributed by atoms with E-state index in [0.717, 1.165) is 16.5 Å². The van der Waals surface area contributed by atoms with Gasteiger partial charge in [-0.2, -0.15) is 5.10 Å². The van der Waals surface area contributed by atoms with Gasteiger partial charge in [-0.05, 0) is 23.6 Å². The van der Waals surface area contributed by atoms with Gasteiger partial charge in [0.25, 0.3) is 0 Å². The third kappa shape index (κ3) is 6.33. The predicted octanol–water partition coefficient (Wildman–Crippen LogP) is 6.10. The summed E-state index contributed by atoms with van der Waals surface area (Å²) in [5.41, 5.74) is 1.85. The van der Waals surface area contributed by atoms with Crippen LogP contribution in [-0.4, -0.2) is 53.4 Å². The minimum absolute atomic E-state index is 0.182. The van der Waals surface area contributed by atoms with E-state index < -0.39 is 6.03 Å². The minimum Gasteiger partial charge on any atom is -0.383 e. The van der Waals surface area contributed by atoms with E-state index in [1.807, 2.05) is 87.5 Å². The summed E-state index contributed by atoms with van der Waals surface area (Å²) in [7, 11) is 1.55. The molecule has 8 nitrogen and oxygen atoms in total. The number of hydrogen-bond donors (Lipinski definition) is 2. The van der Waals surface area contributed by atoms with Gasteiger partial charge in [-0.3, -0.25) is 4.79 Å². The van der Waals surface area contributed by atoms with Gasteiger partial charge >= 0.3 is 6.03 Å². The lowest BCUT2D eigenvalue weighted by molar-refractivity contribution is -0.116. The maximum absolute atomic E-state index is 13.3. The van der Waals surface area contributed by atoms with Crippen LogP contribution in [0.4, 0.5) is 16.3 Å². The quantitative estimate of drug-likeness (QED) is 0.286. The zero-order valence-electron chi connectivity index (χ0n) is 22.0. The molecule has 0 spiro atoms. The minimum atomic E-state index is -0.399. The summed E-state index contributed by atoms with van der Waals surface area (Å²) in [4.78, 5) is 27.9. The first-order valence-corrected chi connectivity index (χ1v) is 12.7. The lowest BCUT2D eigenvalue weighted by Crippen LogP contribution is -2.42. The Bertz CT molecular complexity index is 1440. The molecule has 3 amide bonds. The fourth-order valence-corrected chi connectivity index (χ4v) is 4.20. The molecule has 1 heterocycles. The molecular formula is C29H32ClN5O3. The van der Waals surface area contributed by atoms with Crippen molar-refractivity contribution in [2.45, 2.75) is 26.2 Å². The second-order valence-corrected chi connectivity index (χ2v) is 10.4. The number of carbonyl (C=O) groups excluding carboxylic acids is 2. The maximum Gasteiger partial charge on any atom is 0.322 e. The number of methoxy groups -OCH3 is 1. The average molecular weight is 534 g/mol. The zero-order valence-corrected chi connectivity index (χ0v) is 22.7. The van der Waals surface area contributed by atoms with Gasteiger partial charge in [-0.25, -0.2) is 9.48 Å². The van der Waals surface area contributed by atoms with Crippen molar-refractivity contribution < 1.29 is 14.3 Å². The van der Waals surface area contributed by atoms with Gasteiger partial charge < -0.3 is 20.3 Å². The van der Waals surface area contributed by atoms with Gasteiger partial charge in [0.15, 0.2) is 0 Å². The van der Waals surface area contributed by atoms with E-state index in [0.29, 0.717) is 22.2 Å². The summed E-state index contributed by atoms with van der Waals surface area (Å²) < 4.78 is 6.81. The number of nitrogens with zero attached hydrogens (tertiary/aromatic N) is 3. The number of benzene rings is 3. The fourth-order valence-electron chi connectivity index (χ4n) is 3.98. The Morgan fingerprint density at radius 1 is 1.00 bits per heavy atom. The Kier molecular flexibility index (Phi) is 8.34. The van der Waals surface area contributed by atoms with Crippen LogP contribution in [0.25, 0.3) is 16.5 Å². The van der Waals surface area contributed by atoms with Gasteiger partial charge in [-0.15, -0.1) is 0 Å². The second kappa shape index (κ2) is 11.7. The van der Waals surface area contributed by atoms with Crippen molar-refractivity contribution in [3.63, 3.8) is 0 Å². The number of amides is 3. The first-order valence-electron chi connectivity index (χ1n) is 12.4. The molecule has 3 aromatic carbocycles. The largest absolute Gasteiger partial charge is 0.383 e. The third-order valence-corrected chi connectivity index (χ3v) is 6.36. The van der Waals surface area contributed by atoms with Crippen LogP contribution in [0, 0.1) is 0 Å². The first kappa shape index (κ1) is 27.2. The highest BCUT2D eigenvalue weighted by Crippen LogP contribution is 2.29. The molecule has 4 rings (SSSR count). The molecule has 38 heavy (non-hydrogen) atoms. The van der Waals surface area contributed by atoms with Crippen molar-refractivity contribution in [2.75, 3.05) is 37.4 Å². The van der Waals surface area contributed by atoms with Crippen LogP contribution >= 0.6 is 11.6 Å². The van der Waals surface area contributed by atoms with Crippen molar-refractivity contribution in [3.8, 4) is 5.69 Å². The van der Waals surface area contributed by atoms with E-state index in [1.165, 1.54) is 4.90 Å². The number of rotatable bonds is 8. The van der Waals surface area contributed by atoms with E-state index in [4.69, 9.17) is 21.4 Å². The van der Waals surface area contributed by atoms with E-state index >= 15 is 0 Å². The number of para-hydroxylation sites is 1. The average Bonchev–Trinajstić information content (AvgIpc) is 3.31. The molecule has 2 N–H and O–H groups in total. The summed E-state index contributed by atoms with van der Waals surface area (Å²) in [5.74, 6) is 0.0945. The number of carbonyl (C=O) groups is 2. The van der Waals surface area contributed by atoms with E-state index in [1.54, 1.807) is 17.9 Å². The zero-order chi connectivity index (χ0) is 27.3. The standard InChI is InChI=1S/C29H32ClN5O3/c1-29(2,3)25-18-26(35(33-25)24-15-8-7-13-22(24)30)32-27(36)19-34(16-17-38-4)28(37)31-23-14-9-11-20-10-5-6-12-21(20)23/h5-15,18H,16-17,19H2,1-4H3,(H,31,37)(H,32,36). The number of anilines is 2. The number of fused-ring (bicyclic) bond motifs is 1. The number of nitrogens with one attached hydrogen (secondary N) is 2. The van der Waals surface area contributed by atoms with Crippen LogP contribution in [-0.2, 0) is 14.9 Å². The fraction of sp³-hybridized carbons (Fsp3) is 0.276. The van der Waals surface area contributed by atoms with E-state index in [-0.39, 0.29) is 31.0 Å². The molecule has 4 aromatic rings. The number of urea groups is 1. The van der Waals surface area contributed by atoms with Crippen LogP contribution in [0.5, 0.6) is 0 Å². The SMILES string of the molecule is COCCN(CC(=O)Nc1cc(C(C)(C)C)nn1-c1ccccc1Cl)C(=O)Nc1cccc2ccccc12. The van der Waals surface area contributed by atoms with Crippen LogP contribution < -0.4 is 10.6 Å². The normalized spacial score (nSPS) is 11.4. The molecule has 0 aliphatic rings. The molecule has 0 aliphatic heterocycles. The van der Waals surface area contributed by atoms with Crippen molar-refractivity contribution in [1.29, 1.82) is 0 Å². The van der Waals surface area contributed by atoms with Crippen molar-refractivity contribution >= 4 is 45.8 Å². The highest BCUT2D eigenvalue weighted by atomic mass is 35.5. The van der Waals surface area contributed by atoms with Crippen LogP contribution in [0.1, 0.15) is 26.5 Å². The first-order chi connectivity index (χ1) is 18.2.